The van der Waals surface area contributed by atoms with Crippen molar-refractivity contribution >= 4 is 28.9 Å². The minimum Gasteiger partial charge on any atom is -0.487 e. The molecule has 0 aliphatic carbocycles. The third-order valence-corrected chi connectivity index (χ3v) is 5.73. The number of thiocarbonyl (C=S) groups is 1. The molecule has 3 N–H and O–H groups in total. The number of nitrogens with zero attached hydrogens (tertiary/aromatic N) is 3. The number of hydrogen-bond donors (Lipinski definition) is 3. The Morgan fingerprint density at radius 1 is 1.26 bits per heavy atom. The molecule has 1 unspecified atom stereocenters. The van der Waals surface area contributed by atoms with Crippen molar-refractivity contribution in [1.29, 1.82) is 0 Å². The first-order valence-corrected chi connectivity index (χ1v) is 11.3. The SMILES string of the molecule is O=C(COCc1ccccc1)N1CC=C(c2c(F)cc(C(NC(O)=S)c3c[nH]nn3)cc2F)CC1. The Bertz CT molecular complexity index is 1200. The molecular formula is C24H23F2N5O3S. The molecule has 1 amide bonds. The van der Waals surface area contributed by atoms with Crippen LogP contribution in [0.2, 0.25) is 0 Å². The van der Waals surface area contributed by atoms with E-state index in [0.717, 1.165) is 5.56 Å². The number of amides is 1. The van der Waals surface area contributed by atoms with Gasteiger partial charge in [0.25, 0.3) is 5.17 Å². The summed E-state index contributed by atoms with van der Waals surface area (Å²) in [6, 6.07) is 11.0. The van der Waals surface area contributed by atoms with Crippen molar-refractivity contribution in [2.24, 2.45) is 0 Å². The first-order valence-electron chi connectivity index (χ1n) is 10.9. The molecule has 0 radical (unpaired) electrons. The lowest BCUT2D eigenvalue weighted by Gasteiger charge is -2.27. The van der Waals surface area contributed by atoms with Gasteiger partial charge < -0.3 is 20.1 Å². The summed E-state index contributed by atoms with van der Waals surface area (Å²) in [5.74, 6) is -1.72. The molecule has 2 heterocycles. The number of aromatic amines is 1. The topological polar surface area (TPSA) is 103 Å². The highest BCUT2D eigenvalue weighted by Gasteiger charge is 2.25. The number of carbonyl (C=O) groups excluding carboxylic acids is 1. The van der Waals surface area contributed by atoms with Crippen LogP contribution >= 0.6 is 12.2 Å². The van der Waals surface area contributed by atoms with Gasteiger partial charge in [-0.05, 0) is 47.5 Å². The highest BCUT2D eigenvalue weighted by atomic mass is 32.1. The molecule has 4 rings (SSSR count). The minimum atomic E-state index is -0.895. The number of aliphatic hydroxyl groups is 1. The summed E-state index contributed by atoms with van der Waals surface area (Å²) in [6.45, 7) is 0.807. The molecule has 0 spiro atoms. The third kappa shape index (κ3) is 6.06. The fraction of sp³-hybridized carbons (Fsp3) is 0.250. The standard InChI is InChI=1S/C24H23F2N5O3S/c25-18-10-17(23(28-24(33)35)20-12-27-30-29-20)11-19(26)22(18)16-6-8-31(9-7-16)21(32)14-34-13-15-4-2-1-3-5-15/h1-6,10-12,23H,7-9,13-14H2,(H,27,29,30)(H2,28,33,35). The van der Waals surface area contributed by atoms with E-state index in [1.54, 1.807) is 11.0 Å². The summed E-state index contributed by atoms with van der Waals surface area (Å²) >= 11 is 4.67. The Kier molecular flexibility index (Phi) is 7.78. The summed E-state index contributed by atoms with van der Waals surface area (Å²) in [6.07, 6.45) is 3.37. The van der Waals surface area contributed by atoms with E-state index in [9.17, 15) is 9.90 Å². The lowest BCUT2D eigenvalue weighted by Crippen LogP contribution is -2.37. The van der Waals surface area contributed by atoms with Crippen LogP contribution < -0.4 is 5.32 Å². The molecule has 35 heavy (non-hydrogen) atoms. The molecule has 3 aromatic rings. The zero-order valence-electron chi connectivity index (χ0n) is 18.6. The van der Waals surface area contributed by atoms with Crippen LogP contribution in [0.1, 0.15) is 34.8 Å². The Hall–Kier alpha value is -3.70. The second-order valence-corrected chi connectivity index (χ2v) is 8.32. The number of aliphatic hydroxyl groups excluding tert-OH is 1. The van der Waals surface area contributed by atoms with E-state index < -0.39 is 22.9 Å². The van der Waals surface area contributed by atoms with Gasteiger partial charge in [-0.2, -0.15) is 0 Å². The fourth-order valence-electron chi connectivity index (χ4n) is 3.91. The number of halogens is 2. The van der Waals surface area contributed by atoms with Gasteiger partial charge in [-0.1, -0.05) is 41.6 Å². The second-order valence-electron chi connectivity index (χ2n) is 7.94. The molecule has 0 saturated carbocycles. The van der Waals surface area contributed by atoms with E-state index in [1.807, 2.05) is 30.3 Å². The predicted octanol–water partition coefficient (Wildman–Crippen LogP) is 3.44. The molecule has 0 bridgehead atoms. The first kappa shape index (κ1) is 24.4. The van der Waals surface area contributed by atoms with Crippen molar-refractivity contribution in [2.75, 3.05) is 19.7 Å². The zero-order valence-corrected chi connectivity index (χ0v) is 19.4. The average molecular weight is 500 g/mol. The molecule has 1 atom stereocenters. The highest BCUT2D eigenvalue weighted by Crippen LogP contribution is 2.31. The normalized spacial score (nSPS) is 14.3. The number of H-pyrrole nitrogens is 1. The van der Waals surface area contributed by atoms with Gasteiger partial charge in [0, 0.05) is 24.8 Å². The molecule has 1 aliphatic heterocycles. The third-order valence-electron chi connectivity index (χ3n) is 5.62. The number of rotatable bonds is 8. The van der Waals surface area contributed by atoms with Gasteiger partial charge in [0.1, 0.15) is 30.0 Å². The second kappa shape index (κ2) is 11.2. The molecule has 11 heteroatoms. The Labute approximate surface area is 205 Å². The number of aromatic nitrogens is 3. The summed E-state index contributed by atoms with van der Waals surface area (Å²) in [5, 5.41) is 21.4. The van der Waals surface area contributed by atoms with E-state index in [2.05, 4.69) is 32.9 Å². The number of benzene rings is 2. The summed E-state index contributed by atoms with van der Waals surface area (Å²) in [7, 11) is 0. The van der Waals surface area contributed by atoms with Crippen LogP contribution in [0, 0.1) is 11.6 Å². The predicted molar refractivity (Wildman–Crippen MR) is 128 cm³/mol. The van der Waals surface area contributed by atoms with Gasteiger partial charge in [0.05, 0.1) is 6.61 Å². The lowest BCUT2D eigenvalue weighted by molar-refractivity contribution is -0.136. The van der Waals surface area contributed by atoms with Crippen LogP contribution in [0.5, 0.6) is 0 Å². The van der Waals surface area contributed by atoms with Crippen LogP contribution in [0.4, 0.5) is 8.78 Å². The van der Waals surface area contributed by atoms with E-state index >= 15 is 8.78 Å². The zero-order chi connectivity index (χ0) is 24.8. The molecule has 1 aromatic heterocycles. The van der Waals surface area contributed by atoms with Crippen molar-refractivity contribution in [2.45, 2.75) is 19.1 Å². The van der Waals surface area contributed by atoms with Crippen LogP contribution in [-0.4, -0.2) is 56.2 Å². The molecule has 0 saturated heterocycles. The maximum atomic E-state index is 15.1. The molecular weight excluding hydrogens is 476 g/mol. The number of nitrogens with one attached hydrogen (secondary N) is 2. The number of hydrogen-bond acceptors (Lipinski definition) is 5. The largest absolute Gasteiger partial charge is 0.487 e. The monoisotopic (exact) mass is 499 g/mol. The van der Waals surface area contributed by atoms with Crippen molar-refractivity contribution in [3.8, 4) is 0 Å². The summed E-state index contributed by atoms with van der Waals surface area (Å²) in [5.41, 5.74) is 1.78. The summed E-state index contributed by atoms with van der Waals surface area (Å²) < 4.78 is 35.6. The van der Waals surface area contributed by atoms with Gasteiger partial charge in [0.2, 0.25) is 5.91 Å². The Morgan fingerprint density at radius 3 is 2.60 bits per heavy atom. The van der Waals surface area contributed by atoms with Gasteiger partial charge in [0.15, 0.2) is 0 Å². The minimum absolute atomic E-state index is 0.0708. The summed E-state index contributed by atoms with van der Waals surface area (Å²) in [4.78, 5) is 14.0. The quantitative estimate of drug-likeness (QED) is 0.408. The van der Waals surface area contributed by atoms with Gasteiger partial charge in [-0.25, -0.2) is 8.78 Å². The van der Waals surface area contributed by atoms with Crippen molar-refractivity contribution in [1.82, 2.24) is 25.6 Å². The molecule has 0 fully saturated rings. The van der Waals surface area contributed by atoms with E-state index in [1.165, 1.54) is 18.3 Å². The van der Waals surface area contributed by atoms with Gasteiger partial charge in [-0.15, -0.1) is 5.10 Å². The number of carbonyl (C=O) groups is 1. The number of ether oxygens (including phenoxy) is 1. The van der Waals surface area contributed by atoms with Crippen LogP contribution in [0.25, 0.3) is 5.57 Å². The van der Waals surface area contributed by atoms with Crippen LogP contribution in [-0.2, 0) is 16.1 Å². The van der Waals surface area contributed by atoms with Gasteiger partial charge in [-0.3, -0.25) is 9.89 Å². The lowest BCUT2D eigenvalue weighted by atomic mass is 9.94. The van der Waals surface area contributed by atoms with E-state index in [0.29, 0.717) is 30.8 Å². The fourth-order valence-corrected chi connectivity index (χ4v) is 4.03. The molecule has 182 valence electrons. The first-order chi connectivity index (χ1) is 16.9. The highest BCUT2D eigenvalue weighted by molar-refractivity contribution is 7.79. The maximum Gasteiger partial charge on any atom is 0.254 e. The van der Waals surface area contributed by atoms with Crippen LogP contribution in [0.3, 0.4) is 0 Å². The Balaban J connectivity index is 1.43. The smallest absolute Gasteiger partial charge is 0.254 e. The molecule has 1 aliphatic rings. The van der Waals surface area contributed by atoms with Crippen molar-refractivity contribution in [3.05, 3.63) is 88.8 Å². The van der Waals surface area contributed by atoms with Crippen molar-refractivity contribution < 1.29 is 23.4 Å². The average Bonchev–Trinajstić information content (AvgIpc) is 3.38. The van der Waals surface area contributed by atoms with E-state index in [-0.39, 0.29) is 30.2 Å². The molecule has 8 nitrogen and oxygen atoms in total. The Morgan fingerprint density at radius 2 is 2.00 bits per heavy atom. The molecule has 2 aromatic carbocycles. The maximum absolute atomic E-state index is 15.1. The van der Waals surface area contributed by atoms with Gasteiger partial charge >= 0.3 is 0 Å². The van der Waals surface area contributed by atoms with E-state index in [4.69, 9.17) is 4.74 Å². The van der Waals surface area contributed by atoms with Crippen LogP contribution in [0.15, 0.2) is 54.7 Å². The van der Waals surface area contributed by atoms with Crippen molar-refractivity contribution in [3.63, 3.8) is 0 Å².